The first-order valence-corrected chi connectivity index (χ1v) is 7.76. The Balaban J connectivity index is 1.89. The lowest BCUT2D eigenvalue weighted by Gasteiger charge is -2.09. The van der Waals surface area contributed by atoms with Crippen molar-refractivity contribution >= 4 is 23.2 Å². The summed E-state index contributed by atoms with van der Waals surface area (Å²) < 4.78 is 0. The molecule has 0 spiro atoms. The van der Waals surface area contributed by atoms with E-state index in [-0.39, 0.29) is 0 Å². The van der Waals surface area contributed by atoms with Crippen molar-refractivity contribution in [3.05, 3.63) is 57.1 Å². The van der Waals surface area contributed by atoms with Crippen LogP contribution in [0.15, 0.2) is 24.3 Å². The van der Waals surface area contributed by atoms with Crippen LogP contribution in [0.25, 0.3) is 0 Å². The average Bonchev–Trinajstić information content (AvgIpc) is 2.67. The van der Waals surface area contributed by atoms with Crippen molar-refractivity contribution in [2.45, 2.75) is 38.5 Å². The van der Waals surface area contributed by atoms with Crippen LogP contribution < -0.4 is 0 Å². The molecular formula is C16H16Cl2N2. The summed E-state index contributed by atoms with van der Waals surface area (Å²) in [5.74, 6) is 0.804. The summed E-state index contributed by atoms with van der Waals surface area (Å²) >= 11 is 12.2. The molecule has 1 aromatic heterocycles. The molecule has 4 heteroatoms. The lowest BCUT2D eigenvalue weighted by molar-refractivity contribution is 0.708. The minimum absolute atomic E-state index is 0.640. The summed E-state index contributed by atoms with van der Waals surface area (Å²) in [7, 11) is 0. The maximum absolute atomic E-state index is 6.34. The number of hydrogen-bond acceptors (Lipinski definition) is 2. The topological polar surface area (TPSA) is 25.8 Å². The molecule has 0 radical (unpaired) electrons. The highest BCUT2D eigenvalue weighted by molar-refractivity contribution is 6.30. The SMILES string of the molecule is Clc1ccc(Cc2nc(Cl)c3c(n2)CCCCC3)cc1. The van der Waals surface area contributed by atoms with Crippen molar-refractivity contribution in [3.63, 3.8) is 0 Å². The molecule has 0 N–H and O–H groups in total. The van der Waals surface area contributed by atoms with E-state index in [0.29, 0.717) is 11.6 Å². The van der Waals surface area contributed by atoms with E-state index in [1.807, 2.05) is 24.3 Å². The van der Waals surface area contributed by atoms with Crippen LogP contribution in [0.1, 0.15) is 41.9 Å². The summed E-state index contributed by atoms with van der Waals surface area (Å²) in [6, 6.07) is 7.79. The van der Waals surface area contributed by atoms with Crippen LogP contribution in [0.5, 0.6) is 0 Å². The van der Waals surface area contributed by atoms with E-state index < -0.39 is 0 Å². The highest BCUT2D eigenvalue weighted by atomic mass is 35.5. The fourth-order valence-electron chi connectivity index (χ4n) is 2.64. The fourth-order valence-corrected chi connectivity index (χ4v) is 3.06. The van der Waals surface area contributed by atoms with E-state index in [1.165, 1.54) is 19.3 Å². The second kappa shape index (κ2) is 6.11. The van der Waals surface area contributed by atoms with E-state index in [0.717, 1.165) is 40.5 Å². The maximum atomic E-state index is 6.34. The third kappa shape index (κ3) is 3.13. The van der Waals surface area contributed by atoms with Crippen molar-refractivity contribution in [3.8, 4) is 0 Å². The van der Waals surface area contributed by atoms with E-state index in [1.54, 1.807) is 0 Å². The van der Waals surface area contributed by atoms with Gasteiger partial charge in [-0.15, -0.1) is 0 Å². The van der Waals surface area contributed by atoms with E-state index in [9.17, 15) is 0 Å². The zero-order valence-electron chi connectivity index (χ0n) is 11.2. The van der Waals surface area contributed by atoms with Gasteiger partial charge in [-0.1, -0.05) is 41.8 Å². The summed E-state index contributed by atoms with van der Waals surface area (Å²) in [5.41, 5.74) is 3.45. The number of nitrogens with zero attached hydrogens (tertiary/aromatic N) is 2. The van der Waals surface area contributed by atoms with Gasteiger partial charge in [0.15, 0.2) is 0 Å². The first-order valence-electron chi connectivity index (χ1n) is 7.01. The van der Waals surface area contributed by atoms with Crippen LogP contribution in [0.4, 0.5) is 0 Å². The summed E-state index contributed by atoms with van der Waals surface area (Å²) in [4.78, 5) is 9.19. The molecule has 0 atom stereocenters. The highest BCUT2D eigenvalue weighted by Gasteiger charge is 2.15. The van der Waals surface area contributed by atoms with E-state index >= 15 is 0 Å². The van der Waals surface area contributed by atoms with Crippen molar-refractivity contribution in [1.82, 2.24) is 9.97 Å². The number of halogens is 2. The van der Waals surface area contributed by atoms with Gasteiger partial charge in [0, 0.05) is 22.7 Å². The molecule has 0 amide bonds. The summed E-state index contributed by atoms with van der Waals surface area (Å²) in [6.45, 7) is 0. The monoisotopic (exact) mass is 306 g/mol. The van der Waals surface area contributed by atoms with Gasteiger partial charge in [-0.25, -0.2) is 9.97 Å². The average molecular weight is 307 g/mol. The molecule has 0 saturated carbocycles. The van der Waals surface area contributed by atoms with Crippen LogP contribution in [0, 0.1) is 0 Å². The first-order chi connectivity index (χ1) is 9.72. The Hall–Kier alpha value is -1.12. The molecule has 0 saturated heterocycles. The second-order valence-corrected chi connectivity index (χ2v) is 6.01. The normalized spacial score (nSPS) is 14.7. The Labute approximate surface area is 129 Å². The molecular weight excluding hydrogens is 291 g/mol. The van der Waals surface area contributed by atoms with Gasteiger partial charge < -0.3 is 0 Å². The second-order valence-electron chi connectivity index (χ2n) is 5.22. The third-order valence-corrected chi connectivity index (χ3v) is 4.27. The van der Waals surface area contributed by atoms with Crippen molar-refractivity contribution in [1.29, 1.82) is 0 Å². The molecule has 0 unspecified atom stereocenters. The Morgan fingerprint density at radius 1 is 0.900 bits per heavy atom. The van der Waals surface area contributed by atoms with Gasteiger partial charge in [0.25, 0.3) is 0 Å². The summed E-state index contributed by atoms with van der Waals surface area (Å²) in [6.07, 6.45) is 6.36. The predicted molar refractivity (Wildman–Crippen MR) is 82.6 cm³/mol. The molecule has 0 bridgehead atoms. The van der Waals surface area contributed by atoms with Gasteiger partial charge in [-0.2, -0.15) is 0 Å². The van der Waals surface area contributed by atoms with Gasteiger partial charge in [0.2, 0.25) is 0 Å². The molecule has 0 fully saturated rings. The molecule has 2 nitrogen and oxygen atoms in total. The quantitative estimate of drug-likeness (QED) is 0.596. The fraction of sp³-hybridized carbons (Fsp3) is 0.375. The Kier molecular flexibility index (Phi) is 4.23. The molecule has 0 aliphatic heterocycles. The zero-order valence-corrected chi connectivity index (χ0v) is 12.7. The van der Waals surface area contributed by atoms with Crippen LogP contribution in [0.3, 0.4) is 0 Å². The molecule has 3 rings (SSSR count). The van der Waals surface area contributed by atoms with E-state index in [2.05, 4.69) is 4.98 Å². The number of hydrogen-bond donors (Lipinski definition) is 0. The molecule has 1 aromatic carbocycles. The molecule has 2 aromatic rings. The van der Waals surface area contributed by atoms with Crippen molar-refractivity contribution in [2.75, 3.05) is 0 Å². The lowest BCUT2D eigenvalue weighted by Crippen LogP contribution is -2.05. The molecule has 1 aliphatic rings. The van der Waals surface area contributed by atoms with Crippen LogP contribution in [0.2, 0.25) is 10.2 Å². The minimum atomic E-state index is 0.640. The Morgan fingerprint density at radius 3 is 2.45 bits per heavy atom. The Morgan fingerprint density at radius 2 is 1.65 bits per heavy atom. The maximum Gasteiger partial charge on any atom is 0.136 e. The third-order valence-electron chi connectivity index (χ3n) is 3.70. The lowest BCUT2D eigenvalue weighted by atomic mass is 10.1. The van der Waals surface area contributed by atoms with Crippen LogP contribution >= 0.6 is 23.2 Å². The van der Waals surface area contributed by atoms with Crippen molar-refractivity contribution in [2.24, 2.45) is 0 Å². The highest BCUT2D eigenvalue weighted by Crippen LogP contribution is 2.25. The number of benzene rings is 1. The number of rotatable bonds is 2. The van der Waals surface area contributed by atoms with Gasteiger partial charge in [0.1, 0.15) is 11.0 Å². The molecule has 1 heterocycles. The Bertz CT molecular complexity index is 609. The van der Waals surface area contributed by atoms with Crippen LogP contribution in [-0.2, 0) is 19.3 Å². The largest absolute Gasteiger partial charge is 0.237 e. The van der Waals surface area contributed by atoms with Gasteiger partial charge in [0.05, 0.1) is 0 Å². The van der Waals surface area contributed by atoms with Gasteiger partial charge >= 0.3 is 0 Å². The minimum Gasteiger partial charge on any atom is -0.237 e. The number of fused-ring (bicyclic) bond motifs is 1. The van der Waals surface area contributed by atoms with Crippen LogP contribution in [-0.4, -0.2) is 9.97 Å². The van der Waals surface area contributed by atoms with Crippen molar-refractivity contribution < 1.29 is 0 Å². The number of aryl methyl sites for hydroxylation is 1. The predicted octanol–water partition coefficient (Wildman–Crippen LogP) is 4.64. The first kappa shape index (κ1) is 13.8. The molecule has 20 heavy (non-hydrogen) atoms. The van der Waals surface area contributed by atoms with Gasteiger partial charge in [-0.3, -0.25) is 0 Å². The molecule has 104 valence electrons. The van der Waals surface area contributed by atoms with Gasteiger partial charge in [-0.05, 0) is 43.4 Å². The molecule has 1 aliphatic carbocycles. The number of aromatic nitrogens is 2. The smallest absolute Gasteiger partial charge is 0.136 e. The van der Waals surface area contributed by atoms with E-state index in [4.69, 9.17) is 28.2 Å². The standard InChI is InChI=1S/C16H16Cl2N2/c17-12-8-6-11(7-9-12)10-15-19-14-5-3-1-2-4-13(14)16(18)20-15/h6-9H,1-5,10H2. The summed E-state index contributed by atoms with van der Waals surface area (Å²) in [5, 5.41) is 1.38. The zero-order chi connectivity index (χ0) is 13.9.